The largest absolute Gasteiger partial charge is 0.473 e. The van der Waals surface area contributed by atoms with Crippen molar-refractivity contribution in [2.45, 2.75) is 25.5 Å². The lowest BCUT2D eigenvalue weighted by atomic mass is 10.2. The summed E-state index contributed by atoms with van der Waals surface area (Å²) in [5, 5.41) is 6.67. The van der Waals surface area contributed by atoms with Gasteiger partial charge in [-0.2, -0.15) is 0 Å². The molecular formula is C24H20FN5OS. The molecule has 0 spiro atoms. The average Bonchev–Trinajstić information content (AvgIpc) is 3.48. The van der Waals surface area contributed by atoms with E-state index in [2.05, 4.69) is 37.4 Å². The molecule has 1 fully saturated rings. The van der Waals surface area contributed by atoms with Gasteiger partial charge < -0.3 is 15.4 Å². The Morgan fingerprint density at radius 1 is 1.19 bits per heavy atom. The predicted molar refractivity (Wildman–Crippen MR) is 124 cm³/mol. The number of thiophene rings is 1. The zero-order valence-corrected chi connectivity index (χ0v) is 18.0. The summed E-state index contributed by atoms with van der Waals surface area (Å²) in [7, 11) is 0. The van der Waals surface area contributed by atoms with Gasteiger partial charge in [0.25, 0.3) is 0 Å². The monoisotopic (exact) mass is 445 g/mol. The van der Waals surface area contributed by atoms with Gasteiger partial charge in [0, 0.05) is 11.6 Å². The summed E-state index contributed by atoms with van der Waals surface area (Å²) in [5.74, 6) is 7.38. The minimum atomic E-state index is -0.293. The molecule has 0 bridgehead atoms. The number of aromatic nitrogens is 3. The van der Waals surface area contributed by atoms with E-state index in [1.165, 1.54) is 18.8 Å². The van der Waals surface area contributed by atoms with Gasteiger partial charge in [0.2, 0.25) is 5.88 Å². The minimum absolute atomic E-state index is 0.119. The molecule has 4 heterocycles. The predicted octanol–water partition coefficient (Wildman–Crippen LogP) is 4.65. The molecule has 0 radical (unpaired) electrons. The summed E-state index contributed by atoms with van der Waals surface area (Å²) in [6.07, 6.45) is 5.46. The van der Waals surface area contributed by atoms with E-state index in [4.69, 9.17) is 4.74 Å². The maximum Gasteiger partial charge on any atom is 0.213 e. The fourth-order valence-corrected chi connectivity index (χ4v) is 4.33. The van der Waals surface area contributed by atoms with Crippen molar-refractivity contribution >= 4 is 33.1 Å². The van der Waals surface area contributed by atoms with Crippen LogP contribution in [0.4, 0.5) is 15.9 Å². The van der Waals surface area contributed by atoms with Gasteiger partial charge in [-0.3, -0.25) is 0 Å². The quantitative estimate of drug-likeness (QED) is 0.436. The Balaban J connectivity index is 1.28. The lowest BCUT2D eigenvalue weighted by Crippen LogP contribution is -2.18. The molecule has 4 aromatic rings. The maximum atomic E-state index is 13.7. The van der Waals surface area contributed by atoms with E-state index in [-0.39, 0.29) is 18.5 Å². The van der Waals surface area contributed by atoms with Crippen LogP contribution in [-0.4, -0.2) is 27.5 Å². The van der Waals surface area contributed by atoms with Crippen LogP contribution in [0, 0.1) is 17.7 Å². The van der Waals surface area contributed by atoms with E-state index in [0.29, 0.717) is 17.3 Å². The SMILES string of the molecule is Fc1ccccc1COc1ccc(Nc2ncnc3cc(C#C[C@H]4CCCN4)sc23)cn1. The fraction of sp³-hybridized carbons (Fsp3) is 0.208. The highest BCUT2D eigenvalue weighted by Gasteiger charge is 2.12. The topological polar surface area (TPSA) is 72.0 Å². The molecule has 0 amide bonds. The number of nitrogens with one attached hydrogen (secondary N) is 2. The summed E-state index contributed by atoms with van der Waals surface area (Å²) in [6, 6.07) is 12.4. The van der Waals surface area contributed by atoms with Gasteiger partial charge in [-0.1, -0.05) is 30.0 Å². The number of anilines is 2. The molecule has 1 aromatic carbocycles. The number of ether oxygens (including phenoxy) is 1. The van der Waals surface area contributed by atoms with Crippen LogP contribution in [0.15, 0.2) is 55.0 Å². The molecule has 32 heavy (non-hydrogen) atoms. The van der Waals surface area contributed by atoms with Crippen molar-refractivity contribution < 1.29 is 9.13 Å². The van der Waals surface area contributed by atoms with E-state index < -0.39 is 0 Å². The standard InChI is InChI=1S/C24H20FN5OS/c25-20-6-2-1-4-16(20)14-31-22-10-8-18(13-27-22)30-24-23-21(28-15-29-24)12-19(32-23)9-7-17-5-3-11-26-17/h1-2,4,6,8,10,12-13,15,17,26H,3,5,11,14H2,(H,28,29,30)/t17-/m1/s1. The summed E-state index contributed by atoms with van der Waals surface area (Å²) < 4.78 is 20.3. The molecule has 1 saturated heterocycles. The second-order valence-corrected chi connectivity index (χ2v) is 8.41. The number of hydrogen-bond acceptors (Lipinski definition) is 7. The first kappa shape index (κ1) is 20.4. The number of halogens is 1. The van der Waals surface area contributed by atoms with Crippen LogP contribution in [0.3, 0.4) is 0 Å². The highest BCUT2D eigenvalue weighted by molar-refractivity contribution is 7.20. The summed E-state index contributed by atoms with van der Waals surface area (Å²) in [5.41, 5.74) is 2.11. The third-order valence-corrected chi connectivity index (χ3v) is 6.12. The van der Waals surface area contributed by atoms with Gasteiger partial charge in [0.15, 0.2) is 5.82 Å². The Morgan fingerprint density at radius 3 is 2.94 bits per heavy atom. The third kappa shape index (κ3) is 4.69. The Morgan fingerprint density at radius 2 is 2.12 bits per heavy atom. The van der Waals surface area contributed by atoms with E-state index in [1.807, 2.05) is 12.1 Å². The molecule has 160 valence electrons. The highest BCUT2D eigenvalue weighted by Crippen LogP contribution is 2.30. The van der Waals surface area contributed by atoms with Crippen molar-refractivity contribution in [3.05, 3.63) is 71.2 Å². The molecule has 5 rings (SSSR count). The van der Waals surface area contributed by atoms with Crippen LogP contribution in [0.25, 0.3) is 10.2 Å². The number of benzene rings is 1. The van der Waals surface area contributed by atoms with Gasteiger partial charge in [-0.15, -0.1) is 11.3 Å². The van der Waals surface area contributed by atoms with Crippen molar-refractivity contribution in [2.24, 2.45) is 0 Å². The van der Waals surface area contributed by atoms with Crippen LogP contribution < -0.4 is 15.4 Å². The molecule has 8 heteroatoms. The smallest absolute Gasteiger partial charge is 0.213 e. The van der Waals surface area contributed by atoms with Crippen LogP contribution >= 0.6 is 11.3 Å². The number of hydrogen-bond donors (Lipinski definition) is 2. The molecule has 2 N–H and O–H groups in total. The number of pyridine rings is 1. The Bertz CT molecular complexity index is 1290. The van der Waals surface area contributed by atoms with Crippen LogP contribution in [0.2, 0.25) is 0 Å². The van der Waals surface area contributed by atoms with E-state index in [0.717, 1.165) is 33.7 Å². The first-order valence-corrected chi connectivity index (χ1v) is 11.1. The molecule has 1 aliphatic rings. The first-order valence-electron chi connectivity index (χ1n) is 10.3. The van der Waals surface area contributed by atoms with E-state index >= 15 is 0 Å². The maximum absolute atomic E-state index is 13.7. The van der Waals surface area contributed by atoms with Crippen molar-refractivity contribution in [3.63, 3.8) is 0 Å². The number of nitrogens with zero attached hydrogens (tertiary/aromatic N) is 3. The van der Waals surface area contributed by atoms with Crippen LogP contribution in [0.1, 0.15) is 23.3 Å². The molecule has 1 aliphatic heterocycles. The number of rotatable bonds is 5. The molecule has 0 unspecified atom stereocenters. The van der Waals surface area contributed by atoms with Crippen molar-refractivity contribution in [2.75, 3.05) is 11.9 Å². The van der Waals surface area contributed by atoms with Crippen molar-refractivity contribution in [3.8, 4) is 17.7 Å². The lowest BCUT2D eigenvalue weighted by molar-refractivity contribution is 0.288. The third-order valence-electron chi connectivity index (χ3n) is 5.07. The van der Waals surface area contributed by atoms with E-state index in [9.17, 15) is 4.39 Å². The second kappa shape index (κ2) is 9.30. The Kier molecular flexibility index (Phi) is 5.92. The normalized spacial score (nSPS) is 15.3. The molecule has 0 aliphatic carbocycles. The molecular weight excluding hydrogens is 425 g/mol. The Hall–Kier alpha value is -3.54. The van der Waals surface area contributed by atoms with Gasteiger partial charge in [-0.25, -0.2) is 19.3 Å². The zero-order valence-electron chi connectivity index (χ0n) is 17.1. The second-order valence-electron chi connectivity index (χ2n) is 7.36. The molecule has 1 atom stereocenters. The van der Waals surface area contributed by atoms with Gasteiger partial charge in [0.1, 0.15) is 18.8 Å². The molecule has 0 saturated carbocycles. The van der Waals surface area contributed by atoms with E-state index in [1.54, 1.807) is 41.8 Å². The van der Waals surface area contributed by atoms with Gasteiger partial charge in [0.05, 0.1) is 33.0 Å². The zero-order chi connectivity index (χ0) is 21.8. The summed E-state index contributed by atoms with van der Waals surface area (Å²) in [4.78, 5) is 14.0. The van der Waals surface area contributed by atoms with Gasteiger partial charge in [-0.05, 0) is 37.6 Å². The minimum Gasteiger partial charge on any atom is -0.473 e. The van der Waals surface area contributed by atoms with Crippen molar-refractivity contribution in [1.82, 2.24) is 20.3 Å². The Labute approximate surface area is 188 Å². The number of fused-ring (bicyclic) bond motifs is 1. The van der Waals surface area contributed by atoms with Gasteiger partial charge >= 0.3 is 0 Å². The fourth-order valence-electron chi connectivity index (χ4n) is 3.41. The van der Waals surface area contributed by atoms with Crippen LogP contribution in [0.5, 0.6) is 5.88 Å². The lowest BCUT2D eigenvalue weighted by Gasteiger charge is -2.08. The average molecular weight is 446 g/mol. The first-order chi connectivity index (χ1) is 15.7. The highest BCUT2D eigenvalue weighted by atomic mass is 32.1. The molecule has 3 aromatic heterocycles. The van der Waals surface area contributed by atoms with Crippen LogP contribution in [-0.2, 0) is 6.61 Å². The summed E-state index contributed by atoms with van der Waals surface area (Å²) in [6.45, 7) is 1.15. The summed E-state index contributed by atoms with van der Waals surface area (Å²) >= 11 is 1.57. The molecule has 6 nitrogen and oxygen atoms in total. The van der Waals surface area contributed by atoms with Crippen molar-refractivity contribution in [1.29, 1.82) is 0 Å².